The van der Waals surface area contributed by atoms with Gasteiger partial charge in [-0.1, -0.05) is 20.3 Å². The second-order valence-corrected chi connectivity index (χ2v) is 7.02. The Morgan fingerprint density at radius 1 is 1.21 bits per heavy atom. The van der Waals surface area contributed by atoms with Crippen LogP contribution in [-0.2, 0) is 10.8 Å². The van der Waals surface area contributed by atoms with Crippen LogP contribution in [0.15, 0.2) is 23.1 Å². The molecule has 1 atom stereocenters. The largest absolute Gasteiger partial charge is 0.330 e. The van der Waals surface area contributed by atoms with Crippen LogP contribution < -0.4 is 5.73 Å². The van der Waals surface area contributed by atoms with Gasteiger partial charge in [0.05, 0.1) is 10.8 Å². The van der Waals surface area contributed by atoms with Gasteiger partial charge >= 0.3 is 0 Å². The van der Waals surface area contributed by atoms with Gasteiger partial charge in [-0.2, -0.15) is 0 Å². The molecule has 0 aliphatic carbocycles. The van der Waals surface area contributed by atoms with E-state index < -0.39 is 22.4 Å². The first kappa shape index (κ1) is 16.2. The average molecular weight is 289 g/mol. The van der Waals surface area contributed by atoms with Crippen molar-refractivity contribution in [3.63, 3.8) is 0 Å². The molecule has 0 spiro atoms. The van der Waals surface area contributed by atoms with Crippen LogP contribution in [0.25, 0.3) is 0 Å². The second-order valence-electron chi connectivity index (χ2n) is 5.45. The van der Waals surface area contributed by atoms with E-state index in [2.05, 4.69) is 13.8 Å². The maximum absolute atomic E-state index is 13.0. The summed E-state index contributed by atoms with van der Waals surface area (Å²) in [7, 11) is -1.27. The quantitative estimate of drug-likeness (QED) is 0.783. The first-order valence-corrected chi connectivity index (χ1v) is 7.71. The monoisotopic (exact) mass is 289 g/mol. The molecule has 0 saturated heterocycles. The molecule has 0 fully saturated rings. The van der Waals surface area contributed by atoms with Gasteiger partial charge in [0.25, 0.3) is 0 Å². The first-order valence-electron chi connectivity index (χ1n) is 6.39. The summed E-state index contributed by atoms with van der Waals surface area (Å²) in [5.41, 5.74) is 5.73. The second kappa shape index (κ2) is 7.10. The van der Waals surface area contributed by atoms with E-state index in [1.165, 1.54) is 6.07 Å². The normalized spacial score (nSPS) is 13.5. The molecule has 0 aromatic heterocycles. The van der Waals surface area contributed by atoms with Gasteiger partial charge in [0.2, 0.25) is 0 Å². The Morgan fingerprint density at radius 3 is 2.47 bits per heavy atom. The highest BCUT2D eigenvalue weighted by atomic mass is 32.2. The molecule has 0 aliphatic heterocycles. The summed E-state index contributed by atoms with van der Waals surface area (Å²) in [4.78, 5) is 0.344. The third-order valence-electron chi connectivity index (χ3n) is 3.14. The van der Waals surface area contributed by atoms with Crippen molar-refractivity contribution in [3.05, 3.63) is 29.8 Å². The SMILES string of the molecule is CC(C)(CN)CCCCS(=O)c1ccc(F)c(F)c1. The molecule has 0 bridgehead atoms. The lowest BCUT2D eigenvalue weighted by Gasteiger charge is -2.21. The molecule has 108 valence electrons. The number of benzene rings is 1. The van der Waals surface area contributed by atoms with E-state index in [9.17, 15) is 13.0 Å². The van der Waals surface area contributed by atoms with E-state index in [-0.39, 0.29) is 5.41 Å². The Hall–Kier alpha value is -0.810. The van der Waals surface area contributed by atoms with Crippen molar-refractivity contribution in [1.29, 1.82) is 0 Å². The van der Waals surface area contributed by atoms with Crippen LogP contribution >= 0.6 is 0 Å². The van der Waals surface area contributed by atoms with Gasteiger partial charge in [0.1, 0.15) is 0 Å². The molecule has 0 radical (unpaired) electrons. The van der Waals surface area contributed by atoms with Gasteiger partial charge in [-0.3, -0.25) is 4.21 Å². The fraction of sp³-hybridized carbons (Fsp3) is 0.571. The van der Waals surface area contributed by atoms with Gasteiger partial charge in [0, 0.05) is 10.6 Å². The molecule has 1 rings (SSSR count). The molecular formula is C14H21F2NOS. The molecule has 19 heavy (non-hydrogen) atoms. The number of halogens is 2. The first-order chi connectivity index (χ1) is 8.85. The number of hydrogen-bond donors (Lipinski definition) is 1. The van der Waals surface area contributed by atoms with E-state index in [4.69, 9.17) is 5.73 Å². The minimum Gasteiger partial charge on any atom is -0.330 e. The lowest BCUT2D eigenvalue weighted by atomic mass is 9.88. The summed E-state index contributed by atoms with van der Waals surface area (Å²) in [6, 6.07) is 3.40. The molecular weight excluding hydrogens is 268 g/mol. The summed E-state index contributed by atoms with van der Waals surface area (Å²) in [5, 5.41) is 0. The van der Waals surface area contributed by atoms with Crippen LogP contribution in [-0.4, -0.2) is 16.5 Å². The maximum atomic E-state index is 13.0. The molecule has 5 heteroatoms. The number of unbranched alkanes of at least 4 members (excludes halogenated alkanes) is 1. The van der Waals surface area contributed by atoms with Gasteiger partial charge in [-0.25, -0.2) is 8.78 Å². The Bertz CT molecular complexity index is 449. The minimum absolute atomic E-state index is 0.101. The summed E-state index contributed by atoms with van der Waals surface area (Å²) in [5.74, 6) is -1.40. The number of nitrogens with two attached hydrogens (primary N) is 1. The highest BCUT2D eigenvalue weighted by Gasteiger charge is 2.15. The van der Waals surface area contributed by atoms with Crippen molar-refractivity contribution in [2.75, 3.05) is 12.3 Å². The van der Waals surface area contributed by atoms with Crippen LogP contribution in [0.3, 0.4) is 0 Å². The van der Waals surface area contributed by atoms with Crippen molar-refractivity contribution < 1.29 is 13.0 Å². The van der Waals surface area contributed by atoms with Crippen molar-refractivity contribution in [3.8, 4) is 0 Å². The van der Waals surface area contributed by atoms with Crippen molar-refractivity contribution >= 4 is 10.8 Å². The summed E-state index contributed by atoms with van der Waals surface area (Å²) < 4.78 is 37.7. The van der Waals surface area contributed by atoms with Crippen LogP contribution in [0.5, 0.6) is 0 Å². The van der Waals surface area contributed by atoms with E-state index in [0.29, 0.717) is 17.2 Å². The van der Waals surface area contributed by atoms with Crippen LogP contribution in [0.2, 0.25) is 0 Å². The van der Waals surface area contributed by atoms with Crippen molar-refractivity contribution in [2.45, 2.75) is 38.0 Å². The summed E-state index contributed by atoms with van der Waals surface area (Å²) in [6.07, 6.45) is 2.69. The lowest BCUT2D eigenvalue weighted by molar-refractivity contribution is 0.336. The van der Waals surface area contributed by atoms with Gasteiger partial charge in [-0.15, -0.1) is 0 Å². The Kier molecular flexibility index (Phi) is 6.07. The zero-order valence-electron chi connectivity index (χ0n) is 11.4. The standard InChI is InChI=1S/C14H21F2NOS/c1-14(2,10-17)7-3-4-8-19(18)11-5-6-12(15)13(16)9-11/h5-6,9H,3-4,7-8,10,17H2,1-2H3. The molecule has 0 aliphatic rings. The molecule has 0 saturated carbocycles. The molecule has 1 aromatic rings. The third kappa shape index (κ3) is 5.37. The van der Waals surface area contributed by atoms with E-state index in [0.717, 1.165) is 31.4 Å². The van der Waals surface area contributed by atoms with E-state index >= 15 is 0 Å². The van der Waals surface area contributed by atoms with Crippen molar-refractivity contribution in [1.82, 2.24) is 0 Å². The summed E-state index contributed by atoms with van der Waals surface area (Å²) in [6.45, 7) is 4.82. The zero-order valence-corrected chi connectivity index (χ0v) is 12.2. The number of hydrogen-bond acceptors (Lipinski definition) is 2. The fourth-order valence-corrected chi connectivity index (χ4v) is 2.83. The highest BCUT2D eigenvalue weighted by molar-refractivity contribution is 7.85. The van der Waals surface area contributed by atoms with Crippen LogP contribution in [0.1, 0.15) is 33.1 Å². The third-order valence-corrected chi connectivity index (χ3v) is 4.58. The Labute approximate surface area is 115 Å². The van der Waals surface area contributed by atoms with E-state index in [1.807, 2.05) is 0 Å². The minimum atomic E-state index is -1.27. The fourth-order valence-electron chi connectivity index (χ4n) is 1.68. The van der Waals surface area contributed by atoms with Gasteiger partial charge in [-0.05, 0) is 43.0 Å². The average Bonchev–Trinajstić information content (AvgIpc) is 2.37. The zero-order chi connectivity index (χ0) is 14.5. The lowest BCUT2D eigenvalue weighted by Crippen LogP contribution is -2.23. The molecule has 0 amide bonds. The molecule has 1 unspecified atom stereocenters. The van der Waals surface area contributed by atoms with Gasteiger partial charge in [0.15, 0.2) is 11.6 Å². The molecule has 2 nitrogen and oxygen atoms in total. The van der Waals surface area contributed by atoms with E-state index in [1.54, 1.807) is 0 Å². The molecule has 1 aromatic carbocycles. The molecule has 2 N–H and O–H groups in total. The Balaban J connectivity index is 2.41. The highest BCUT2D eigenvalue weighted by Crippen LogP contribution is 2.22. The van der Waals surface area contributed by atoms with Gasteiger partial charge < -0.3 is 5.73 Å². The topological polar surface area (TPSA) is 43.1 Å². The number of rotatable bonds is 7. The van der Waals surface area contributed by atoms with Crippen LogP contribution in [0, 0.1) is 17.0 Å². The van der Waals surface area contributed by atoms with Crippen molar-refractivity contribution in [2.24, 2.45) is 11.1 Å². The Morgan fingerprint density at radius 2 is 1.89 bits per heavy atom. The summed E-state index contributed by atoms with van der Waals surface area (Å²) >= 11 is 0. The van der Waals surface area contributed by atoms with Crippen LogP contribution in [0.4, 0.5) is 8.78 Å². The predicted molar refractivity (Wildman–Crippen MR) is 74.3 cm³/mol. The molecule has 0 heterocycles. The maximum Gasteiger partial charge on any atom is 0.160 e. The predicted octanol–water partition coefficient (Wildman–Crippen LogP) is 3.23. The smallest absolute Gasteiger partial charge is 0.160 e.